The van der Waals surface area contributed by atoms with Gasteiger partial charge in [0.2, 0.25) is 0 Å². The van der Waals surface area contributed by atoms with Gasteiger partial charge < -0.3 is 10.0 Å². The second kappa shape index (κ2) is 8.63. The molecule has 1 aliphatic carbocycles. The molecule has 2 aliphatic rings. The van der Waals surface area contributed by atoms with Crippen molar-refractivity contribution < 1.29 is 5.11 Å². The van der Waals surface area contributed by atoms with Crippen molar-refractivity contribution in [2.45, 2.75) is 39.0 Å². The van der Waals surface area contributed by atoms with E-state index in [0.717, 1.165) is 32.5 Å². The van der Waals surface area contributed by atoms with Crippen molar-refractivity contribution in [1.82, 2.24) is 4.90 Å². The van der Waals surface area contributed by atoms with Gasteiger partial charge in [0.25, 0.3) is 0 Å². The van der Waals surface area contributed by atoms with Gasteiger partial charge in [0.15, 0.2) is 0 Å². The van der Waals surface area contributed by atoms with Gasteiger partial charge >= 0.3 is 0 Å². The predicted molar refractivity (Wildman–Crippen MR) is 117 cm³/mol. The SMILES string of the molecule is Cc1ccc(C=C2[C@@H]3CCC[C@@]2(CO)CN(CCCc2ccccc2)C3)cc1. The fraction of sp³-hybridized carbons (Fsp3) is 0.462. The van der Waals surface area contributed by atoms with Gasteiger partial charge in [0.1, 0.15) is 0 Å². The van der Waals surface area contributed by atoms with Crippen molar-refractivity contribution in [1.29, 1.82) is 0 Å². The molecule has 28 heavy (non-hydrogen) atoms. The molecular formula is C26H33NO. The van der Waals surface area contributed by atoms with E-state index in [2.05, 4.69) is 72.5 Å². The lowest BCUT2D eigenvalue weighted by Crippen LogP contribution is -2.53. The first-order valence-corrected chi connectivity index (χ1v) is 10.8. The molecule has 2 bridgehead atoms. The van der Waals surface area contributed by atoms with Crippen LogP contribution in [0.4, 0.5) is 0 Å². The lowest BCUT2D eigenvalue weighted by molar-refractivity contribution is 0.0253. The van der Waals surface area contributed by atoms with Crippen molar-refractivity contribution in [3.05, 3.63) is 76.9 Å². The number of likely N-dealkylation sites (tertiary alicyclic amines) is 1. The molecule has 2 nitrogen and oxygen atoms in total. The van der Waals surface area contributed by atoms with Crippen LogP contribution in [0.1, 0.15) is 42.4 Å². The molecule has 1 saturated heterocycles. The van der Waals surface area contributed by atoms with Crippen LogP contribution >= 0.6 is 0 Å². The first-order chi connectivity index (χ1) is 13.7. The summed E-state index contributed by atoms with van der Waals surface area (Å²) in [6.07, 6.45) is 8.34. The summed E-state index contributed by atoms with van der Waals surface area (Å²) in [7, 11) is 0. The van der Waals surface area contributed by atoms with Gasteiger partial charge in [-0.2, -0.15) is 0 Å². The third-order valence-corrected chi connectivity index (χ3v) is 6.75. The Bertz CT molecular complexity index is 795. The fourth-order valence-corrected chi connectivity index (χ4v) is 5.24. The number of hydrogen-bond acceptors (Lipinski definition) is 2. The van der Waals surface area contributed by atoms with Crippen molar-refractivity contribution in [2.75, 3.05) is 26.2 Å². The number of rotatable bonds is 6. The van der Waals surface area contributed by atoms with Gasteiger partial charge in [0, 0.05) is 18.5 Å². The van der Waals surface area contributed by atoms with E-state index in [-0.39, 0.29) is 12.0 Å². The Balaban J connectivity index is 1.47. The van der Waals surface area contributed by atoms with Gasteiger partial charge in [-0.1, -0.05) is 78.2 Å². The molecule has 2 heteroatoms. The van der Waals surface area contributed by atoms with E-state index in [4.69, 9.17) is 0 Å². The molecule has 2 aromatic carbocycles. The third kappa shape index (κ3) is 4.24. The first-order valence-electron chi connectivity index (χ1n) is 10.8. The average molecular weight is 376 g/mol. The molecule has 1 aliphatic heterocycles. The molecular weight excluding hydrogens is 342 g/mol. The number of benzene rings is 2. The minimum atomic E-state index is -0.0429. The summed E-state index contributed by atoms with van der Waals surface area (Å²) < 4.78 is 0. The first kappa shape index (κ1) is 19.4. The van der Waals surface area contributed by atoms with Crippen LogP contribution in [0.25, 0.3) is 6.08 Å². The van der Waals surface area contributed by atoms with Crippen LogP contribution in [0.15, 0.2) is 60.2 Å². The van der Waals surface area contributed by atoms with E-state index < -0.39 is 0 Å². The Kier molecular flexibility index (Phi) is 5.99. The molecule has 1 heterocycles. The molecule has 0 aromatic heterocycles. The summed E-state index contributed by atoms with van der Waals surface area (Å²) >= 11 is 0. The largest absolute Gasteiger partial charge is 0.395 e. The van der Waals surface area contributed by atoms with Crippen LogP contribution < -0.4 is 0 Å². The maximum Gasteiger partial charge on any atom is 0.0537 e. The normalized spacial score (nSPS) is 26.5. The molecule has 1 N–H and O–H groups in total. The Morgan fingerprint density at radius 2 is 1.89 bits per heavy atom. The zero-order chi connectivity index (χ0) is 19.4. The average Bonchev–Trinajstić information content (AvgIpc) is 2.71. The Morgan fingerprint density at radius 1 is 1.11 bits per heavy atom. The number of aryl methyl sites for hydroxylation is 2. The Hall–Kier alpha value is -1.90. The predicted octanol–water partition coefficient (Wildman–Crippen LogP) is 5.11. The molecule has 0 radical (unpaired) electrons. The third-order valence-electron chi connectivity index (χ3n) is 6.75. The zero-order valence-electron chi connectivity index (χ0n) is 17.1. The van der Waals surface area contributed by atoms with Crippen LogP contribution in [0.5, 0.6) is 0 Å². The van der Waals surface area contributed by atoms with E-state index in [1.54, 1.807) is 0 Å². The van der Waals surface area contributed by atoms with Crippen LogP contribution in [0.2, 0.25) is 0 Å². The molecule has 2 atom stereocenters. The molecule has 0 spiro atoms. The highest BCUT2D eigenvalue weighted by atomic mass is 16.3. The van der Waals surface area contributed by atoms with Gasteiger partial charge in [0.05, 0.1) is 6.61 Å². The summed E-state index contributed by atoms with van der Waals surface area (Å²) in [5.74, 6) is 0.590. The smallest absolute Gasteiger partial charge is 0.0537 e. The van der Waals surface area contributed by atoms with Crippen LogP contribution in [-0.4, -0.2) is 36.2 Å². The van der Waals surface area contributed by atoms with E-state index in [1.165, 1.54) is 41.5 Å². The molecule has 2 fully saturated rings. The number of aliphatic hydroxyl groups excluding tert-OH is 1. The Morgan fingerprint density at radius 3 is 2.64 bits per heavy atom. The number of hydrogen-bond donors (Lipinski definition) is 1. The van der Waals surface area contributed by atoms with Crippen molar-refractivity contribution in [3.8, 4) is 0 Å². The number of piperidine rings is 1. The Labute approximate surface area is 169 Å². The van der Waals surface area contributed by atoms with Gasteiger partial charge in [-0.25, -0.2) is 0 Å². The van der Waals surface area contributed by atoms with E-state index in [9.17, 15) is 5.11 Å². The maximum atomic E-state index is 10.4. The number of aliphatic hydroxyl groups is 1. The molecule has 4 rings (SSSR count). The molecule has 0 amide bonds. The van der Waals surface area contributed by atoms with Crippen LogP contribution in [0.3, 0.4) is 0 Å². The zero-order valence-corrected chi connectivity index (χ0v) is 17.1. The molecule has 2 aromatic rings. The summed E-state index contributed by atoms with van der Waals surface area (Å²) in [6.45, 7) is 5.69. The molecule has 1 saturated carbocycles. The highest BCUT2D eigenvalue weighted by Gasteiger charge is 2.45. The van der Waals surface area contributed by atoms with Crippen LogP contribution in [-0.2, 0) is 6.42 Å². The van der Waals surface area contributed by atoms with Crippen molar-refractivity contribution >= 4 is 6.08 Å². The lowest BCUT2D eigenvalue weighted by atomic mass is 9.62. The number of fused-ring (bicyclic) bond motifs is 2. The quantitative estimate of drug-likeness (QED) is 0.759. The van der Waals surface area contributed by atoms with Crippen LogP contribution in [0, 0.1) is 18.3 Å². The summed E-state index contributed by atoms with van der Waals surface area (Å²) in [5, 5.41) is 10.4. The fourth-order valence-electron chi connectivity index (χ4n) is 5.24. The van der Waals surface area contributed by atoms with E-state index in [0.29, 0.717) is 5.92 Å². The minimum absolute atomic E-state index is 0.0429. The standard InChI is InChI=1S/C26H33NO/c1-21-11-13-23(14-12-21)17-25-24-10-5-15-26(25,20-28)19-27(18-24)16-6-9-22-7-3-2-4-8-22/h2-4,7-8,11-14,17,24,28H,5-6,9-10,15-16,18-20H2,1H3/t24-,26+/m1/s1. The van der Waals surface area contributed by atoms with Gasteiger partial charge in [-0.15, -0.1) is 0 Å². The highest BCUT2D eigenvalue weighted by molar-refractivity contribution is 5.56. The van der Waals surface area contributed by atoms with Gasteiger partial charge in [-0.3, -0.25) is 0 Å². The summed E-state index contributed by atoms with van der Waals surface area (Å²) in [4.78, 5) is 2.62. The maximum absolute atomic E-state index is 10.4. The minimum Gasteiger partial charge on any atom is -0.395 e. The second-order valence-electron chi connectivity index (χ2n) is 8.86. The summed E-state index contributed by atoms with van der Waals surface area (Å²) in [5.41, 5.74) is 5.47. The molecule has 0 unspecified atom stereocenters. The van der Waals surface area contributed by atoms with E-state index in [1.807, 2.05) is 0 Å². The van der Waals surface area contributed by atoms with E-state index >= 15 is 0 Å². The highest BCUT2D eigenvalue weighted by Crippen LogP contribution is 2.48. The van der Waals surface area contributed by atoms with Gasteiger partial charge in [-0.05, 0) is 56.2 Å². The summed E-state index contributed by atoms with van der Waals surface area (Å²) in [6, 6.07) is 19.6. The molecule has 148 valence electrons. The van der Waals surface area contributed by atoms with Crippen molar-refractivity contribution in [3.63, 3.8) is 0 Å². The lowest BCUT2D eigenvalue weighted by Gasteiger charge is -2.51. The second-order valence-corrected chi connectivity index (χ2v) is 8.86. The monoisotopic (exact) mass is 375 g/mol. The topological polar surface area (TPSA) is 23.5 Å². The number of nitrogens with zero attached hydrogens (tertiary/aromatic N) is 1. The van der Waals surface area contributed by atoms with Crippen molar-refractivity contribution in [2.24, 2.45) is 11.3 Å².